The molecule has 15 heavy (non-hydrogen) atoms. The van der Waals surface area contributed by atoms with Crippen molar-refractivity contribution in [3.05, 3.63) is 18.2 Å². The third-order valence-corrected chi connectivity index (χ3v) is 3.66. The Labute approximate surface area is 91.9 Å². The van der Waals surface area contributed by atoms with Crippen molar-refractivity contribution in [2.75, 3.05) is 13.1 Å². The molecule has 0 radical (unpaired) electrons. The smallest absolute Gasteiger partial charge is 0.0953 e. The van der Waals surface area contributed by atoms with Gasteiger partial charge in [0.25, 0.3) is 0 Å². The van der Waals surface area contributed by atoms with Crippen molar-refractivity contribution in [3.63, 3.8) is 0 Å². The van der Waals surface area contributed by atoms with Gasteiger partial charge in [-0.15, -0.1) is 0 Å². The zero-order valence-electron chi connectivity index (χ0n) is 9.95. The van der Waals surface area contributed by atoms with Gasteiger partial charge in [0.05, 0.1) is 6.33 Å². The summed E-state index contributed by atoms with van der Waals surface area (Å²) in [7, 11) is 0. The van der Waals surface area contributed by atoms with Gasteiger partial charge < -0.3 is 9.88 Å². The zero-order valence-corrected chi connectivity index (χ0v) is 9.95. The predicted molar refractivity (Wildman–Crippen MR) is 62.1 cm³/mol. The number of aromatic nitrogens is 2. The second kappa shape index (κ2) is 3.97. The van der Waals surface area contributed by atoms with Gasteiger partial charge in [-0.1, -0.05) is 6.92 Å². The standard InChI is InChI=1S/C12H21N3/c1-4-12(2,3)15-9-14-8-11(15)10-5-6-13-7-10/h8-10,13H,4-7H2,1-3H3. The van der Waals surface area contributed by atoms with Crippen LogP contribution < -0.4 is 5.32 Å². The Hall–Kier alpha value is -0.830. The van der Waals surface area contributed by atoms with Crippen molar-refractivity contribution < 1.29 is 0 Å². The van der Waals surface area contributed by atoms with E-state index in [1.54, 1.807) is 0 Å². The van der Waals surface area contributed by atoms with Crippen molar-refractivity contribution in [2.45, 2.75) is 45.1 Å². The van der Waals surface area contributed by atoms with E-state index in [-0.39, 0.29) is 5.54 Å². The van der Waals surface area contributed by atoms with Crippen LogP contribution in [0.4, 0.5) is 0 Å². The minimum Gasteiger partial charge on any atom is -0.329 e. The van der Waals surface area contributed by atoms with E-state index in [1.807, 2.05) is 12.5 Å². The zero-order chi connectivity index (χ0) is 10.9. The van der Waals surface area contributed by atoms with Gasteiger partial charge in [0, 0.05) is 29.9 Å². The van der Waals surface area contributed by atoms with E-state index in [0.717, 1.165) is 19.5 Å². The molecule has 1 aromatic heterocycles. The van der Waals surface area contributed by atoms with E-state index < -0.39 is 0 Å². The maximum Gasteiger partial charge on any atom is 0.0953 e. The first kappa shape index (κ1) is 10.7. The molecule has 3 nitrogen and oxygen atoms in total. The van der Waals surface area contributed by atoms with Crippen LogP contribution in [0.15, 0.2) is 12.5 Å². The lowest BCUT2D eigenvalue weighted by Crippen LogP contribution is -2.27. The number of nitrogens with one attached hydrogen (secondary N) is 1. The Kier molecular flexibility index (Phi) is 2.83. The summed E-state index contributed by atoms with van der Waals surface area (Å²) in [6, 6.07) is 0. The SMILES string of the molecule is CCC(C)(C)n1cncc1C1CCNC1. The summed E-state index contributed by atoms with van der Waals surface area (Å²) in [5, 5.41) is 3.42. The summed E-state index contributed by atoms with van der Waals surface area (Å²) in [6.07, 6.45) is 6.40. The first-order chi connectivity index (χ1) is 7.15. The van der Waals surface area contributed by atoms with Gasteiger partial charge in [-0.2, -0.15) is 0 Å². The van der Waals surface area contributed by atoms with E-state index in [4.69, 9.17) is 0 Å². The molecule has 2 rings (SSSR count). The quantitative estimate of drug-likeness (QED) is 0.822. The highest BCUT2D eigenvalue weighted by Crippen LogP contribution is 2.28. The molecule has 0 aromatic carbocycles. The van der Waals surface area contributed by atoms with E-state index in [0.29, 0.717) is 5.92 Å². The third-order valence-electron chi connectivity index (χ3n) is 3.66. The fourth-order valence-electron chi connectivity index (χ4n) is 2.19. The fourth-order valence-corrected chi connectivity index (χ4v) is 2.19. The highest BCUT2D eigenvalue weighted by molar-refractivity contribution is 5.11. The monoisotopic (exact) mass is 207 g/mol. The topological polar surface area (TPSA) is 29.9 Å². The minimum atomic E-state index is 0.189. The lowest BCUT2D eigenvalue weighted by atomic mass is 9.98. The molecule has 3 heteroatoms. The van der Waals surface area contributed by atoms with Gasteiger partial charge in [-0.3, -0.25) is 0 Å². The number of imidazole rings is 1. The molecule has 1 aliphatic heterocycles. The second-order valence-electron chi connectivity index (χ2n) is 5.04. The summed E-state index contributed by atoms with van der Waals surface area (Å²) < 4.78 is 2.35. The molecule has 2 heterocycles. The third kappa shape index (κ3) is 1.93. The molecule has 1 aromatic rings. The van der Waals surface area contributed by atoms with Crippen LogP contribution >= 0.6 is 0 Å². The molecule has 1 atom stereocenters. The van der Waals surface area contributed by atoms with Crippen LogP contribution in [0.3, 0.4) is 0 Å². The van der Waals surface area contributed by atoms with E-state index in [1.165, 1.54) is 12.1 Å². The second-order valence-corrected chi connectivity index (χ2v) is 5.04. The van der Waals surface area contributed by atoms with E-state index in [9.17, 15) is 0 Å². The highest BCUT2D eigenvalue weighted by atomic mass is 15.1. The molecule has 0 saturated carbocycles. The lowest BCUT2D eigenvalue weighted by Gasteiger charge is -2.28. The highest BCUT2D eigenvalue weighted by Gasteiger charge is 2.26. The van der Waals surface area contributed by atoms with Gasteiger partial charge in [-0.25, -0.2) is 4.98 Å². The Bertz CT molecular complexity index is 321. The normalized spacial score (nSPS) is 22.2. The van der Waals surface area contributed by atoms with Gasteiger partial charge >= 0.3 is 0 Å². The molecule has 1 N–H and O–H groups in total. The van der Waals surface area contributed by atoms with Crippen molar-refractivity contribution in [2.24, 2.45) is 0 Å². The maximum absolute atomic E-state index is 4.32. The first-order valence-corrected chi connectivity index (χ1v) is 5.88. The largest absolute Gasteiger partial charge is 0.329 e. The number of nitrogens with zero attached hydrogens (tertiary/aromatic N) is 2. The molecule has 0 bridgehead atoms. The summed E-state index contributed by atoms with van der Waals surface area (Å²) >= 11 is 0. The van der Waals surface area contributed by atoms with Crippen LogP contribution in [-0.2, 0) is 5.54 Å². The average molecular weight is 207 g/mol. The molecule has 0 amide bonds. The van der Waals surface area contributed by atoms with Crippen molar-refractivity contribution in [1.82, 2.24) is 14.9 Å². The van der Waals surface area contributed by atoms with Gasteiger partial charge in [0.15, 0.2) is 0 Å². The molecular weight excluding hydrogens is 186 g/mol. The molecule has 1 fully saturated rings. The molecule has 1 aliphatic rings. The Morgan fingerprint density at radius 2 is 2.40 bits per heavy atom. The maximum atomic E-state index is 4.32. The molecule has 0 aliphatic carbocycles. The molecular formula is C12H21N3. The average Bonchev–Trinajstić information content (AvgIpc) is 2.87. The van der Waals surface area contributed by atoms with Gasteiger partial charge in [-0.05, 0) is 33.2 Å². The van der Waals surface area contributed by atoms with Crippen LogP contribution in [0.5, 0.6) is 0 Å². The van der Waals surface area contributed by atoms with Crippen LogP contribution in [0.1, 0.15) is 45.2 Å². The van der Waals surface area contributed by atoms with E-state index >= 15 is 0 Å². The van der Waals surface area contributed by atoms with E-state index in [2.05, 4.69) is 35.6 Å². The summed E-state index contributed by atoms with van der Waals surface area (Å²) in [5.74, 6) is 0.651. The first-order valence-electron chi connectivity index (χ1n) is 5.88. The minimum absolute atomic E-state index is 0.189. The lowest BCUT2D eigenvalue weighted by molar-refractivity contribution is 0.327. The summed E-state index contributed by atoms with van der Waals surface area (Å²) in [5.41, 5.74) is 1.58. The van der Waals surface area contributed by atoms with Crippen LogP contribution in [0.2, 0.25) is 0 Å². The summed E-state index contributed by atoms with van der Waals surface area (Å²) in [6.45, 7) is 9.03. The Balaban J connectivity index is 2.28. The van der Waals surface area contributed by atoms with Crippen molar-refractivity contribution in [1.29, 1.82) is 0 Å². The number of rotatable bonds is 3. The number of hydrogen-bond donors (Lipinski definition) is 1. The Morgan fingerprint density at radius 1 is 1.60 bits per heavy atom. The summed E-state index contributed by atoms with van der Waals surface area (Å²) in [4.78, 5) is 4.32. The predicted octanol–water partition coefficient (Wildman–Crippen LogP) is 2.11. The molecule has 0 spiro atoms. The fraction of sp³-hybridized carbons (Fsp3) is 0.750. The van der Waals surface area contributed by atoms with Crippen molar-refractivity contribution in [3.8, 4) is 0 Å². The molecule has 1 unspecified atom stereocenters. The number of hydrogen-bond acceptors (Lipinski definition) is 2. The van der Waals surface area contributed by atoms with Gasteiger partial charge in [0.1, 0.15) is 0 Å². The van der Waals surface area contributed by atoms with Crippen LogP contribution in [0.25, 0.3) is 0 Å². The van der Waals surface area contributed by atoms with Crippen LogP contribution in [0, 0.1) is 0 Å². The van der Waals surface area contributed by atoms with Crippen molar-refractivity contribution >= 4 is 0 Å². The van der Waals surface area contributed by atoms with Crippen LogP contribution in [-0.4, -0.2) is 22.6 Å². The molecule has 84 valence electrons. The molecule has 1 saturated heterocycles. The Morgan fingerprint density at radius 3 is 3.00 bits per heavy atom. The van der Waals surface area contributed by atoms with Gasteiger partial charge in [0.2, 0.25) is 0 Å².